The first-order chi connectivity index (χ1) is 11.1. The number of Topliss-reactive ketones (excluding diaryl/α,β-unsaturated/α-hetero) is 1. The van der Waals surface area contributed by atoms with Crippen molar-refractivity contribution in [1.82, 2.24) is 10.2 Å². The number of benzene rings is 1. The number of aliphatic hydroxyl groups is 2. The lowest BCUT2D eigenvalue weighted by molar-refractivity contribution is -0.129. The van der Waals surface area contributed by atoms with E-state index in [0.29, 0.717) is 26.1 Å². The summed E-state index contributed by atoms with van der Waals surface area (Å²) in [6, 6.07) is 8.69. The zero-order valence-corrected chi connectivity index (χ0v) is 13.2. The van der Waals surface area contributed by atoms with E-state index in [1.165, 1.54) is 11.8 Å². The fraction of sp³-hybridized carbons (Fsp3) is 0.412. The number of hydrogen-bond acceptors (Lipinski definition) is 5. The van der Waals surface area contributed by atoms with Crippen LogP contribution in [0.4, 0.5) is 0 Å². The van der Waals surface area contributed by atoms with Gasteiger partial charge in [0.2, 0.25) is 0 Å². The van der Waals surface area contributed by atoms with Crippen LogP contribution < -0.4 is 5.32 Å². The summed E-state index contributed by atoms with van der Waals surface area (Å²) in [6.45, 7) is 2.98. The molecule has 1 amide bonds. The molecule has 2 rings (SSSR count). The summed E-state index contributed by atoms with van der Waals surface area (Å²) in [4.78, 5) is 25.8. The van der Waals surface area contributed by atoms with Gasteiger partial charge >= 0.3 is 0 Å². The average molecular weight is 318 g/mol. The van der Waals surface area contributed by atoms with Crippen LogP contribution in [0.1, 0.15) is 24.9 Å². The number of carbonyl (C=O) groups is 2. The lowest BCUT2D eigenvalue weighted by Crippen LogP contribution is -2.33. The standard InChI is InChI=1S/C17H22N2O4/c1-12(21)14-15(13-6-3-2-4-7-13)19(17(23)16(14)22)10-5-8-18-9-11-20/h2-4,6-7,15,18,20,22H,5,8-11H2,1H3. The Morgan fingerprint density at radius 3 is 2.57 bits per heavy atom. The number of amides is 1. The number of carbonyl (C=O) groups excluding carboxylic acids is 2. The first-order valence-electron chi connectivity index (χ1n) is 7.69. The molecule has 0 saturated heterocycles. The Bertz CT molecular complexity index is 598. The summed E-state index contributed by atoms with van der Waals surface area (Å²) >= 11 is 0. The van der Waals surface area contributed by atoms with E-state index in [1.807, 2.05) is 30.3 Å². The van der Waals surface area contributed by atoms with Crippen LogP contribution in [0.3, 0.4) is 0 Å². The van der Waals surface area contributed by atoms with Crippen molar-refractivity contribution in [3.63, 3.8) is 0 Å². The van der Waals surface area contributed by atoms with Gasteiger partial charge in [0.25, 0.3) is 5.91 Å². The summed E-state index contributed by atoms with van der Waals surface area (Å²) < 4.78 is 0. The van der Waals surface area contributed by atoms with Gasteiger partial charge < -0.3 is 20.4 Å². The molecule has 0 bridgehead atoms. The highest BCUT2D eigenvalue weighted by molar-refractivity contribution is 6.08. The van der Waals surface area contributed by atoms with Crippen LogP contribution in [0.2, 0.25) is 0 Å². The second-order valence-corrected chi connectivity index (χ2v) is 5.46. The largest absolute Gasteiger partial charge is 0.503 e. The molecule has 1 aromatic carbocycles. The monoisotopic (exact) mass is 318 g/mol. The van der Waals surface area contributed by atoms with Gasteiger partial charge in [0.1, 0.15) is 0 Å². The van der Waals surface area contributed by atoms with Gasteiger partial charge in [-0.3, -0.25) is 9.59 Å². The van der Waals surface area contributed by atoms with Gasteiger partial charge in [0.15, 0.2) is 11.5 Å². The molecule has 1 aromatic rings. The van der Waals surface area contributed by atoms with Crippen molar-refractivity contribution in [2.75, 3.05) is 26.2 Å². The molecule has 1 aliphatic heterocycles. The quantitative estimate of drug-likeness (QED) is 0.621. The Labute approximate surface area is 135 Å². The number of ketones is 1. The lowest BCUT2D eigenvalue weighted by atomic mass is 9.97. The molecule has 124 valence electrons. The fourth-order valence-corrected chi connectivity index (χ4v) is 2.80. The van der Waals surface area contributed by atoms with Crippen molar-refractivity contribution in [2.45, 2.75) is 19.4 Å². The van der Waals surface area contributed by atoms with Gasteiger partial charge in [-0.15, -0.1) is 0 Å². The first-order valence-corrected chi connectivity index (χ1v) is 7.69. The van der Waals surface area contributed by atoms with Crippen molar-refractivity contribution in [2.24, 2.45) is 0 Å². The normalized spacial score (nSPS) is 17.9. The summed E-state index contributed by atoms with van der Waals surface area (Å²) in [6.07, 6.45) is 0.660. The molecule has 1 unspecified atom stereocenters. The fourth-order valence-electron chi connectivity index (χ4n) is 2.80. The van der Waals surface area contributed by atoms with Gasteiger partial charge in [-0.25, -0.2) is 0 Å². The van der Waals surface area contributed by atoms with Crippen molar-refractivity contribution >= 4 is 11.7 Å². The number of nitrogens with one attached hydrogen (secondary N) is 1. The van der Waals surface area contributed by atoms with Crippen LogP contribution in [0.5, 0.6) is 0 Å². The molecule has 0 aliphatic carbocycles. The minimum absolute atomic E-state index is 0.0616. The molecule has 6 nitrogen and oxygen atoms in total. The zero-order chi connectivity index (χ0) is 16.8. The molecule has 3 N–H and O–H groups in total. The van der Waals surface area contributed by atoms with Gasteiger partial charge in [-0.2, -0.15) is 0 Å². The van der Waals surface area contributed by atoms with E-state index in [1.54, 1.807) is 0 Å². The van der Waals surface area contributed by atoms with E-state index in [4.69, 9.17) is 5.11 Å². The molecule has 0 radical (unpaired) electrons. The highest BCUT2D eigenvalue weighted by atomic mass is 16.3. The summed E-state index contributed by atoms with van der Waals surface area (Å²) in [5.74, 6) is -1.26. The van der Waals surface area contributed by atoms with Crippen LogP contribution in [0, 0.1) is 0 Å². The van der Waals surface area contributed by atoms with Crippen LogP contribution in [-0.2, 0) is 9.59 Å². The van der Waals surface area contributed by atoms with Crippen molar-refractivity contribution < 1.29 is 19.8 Å². The molecular weight excluding hydrogens is 296 g/mol. The smallest absolute Gasteiger partial charge is 0.290 e. The van der Waals surface area contributed by atoms with Crippen LogP contribution in [-0.4, -0.2) is 53.0 Å². The SMILES string of the molecule is CC(=O)C1=C(O)C(=O)N(CCCNCCO)C1c1ccccc1. The van der Waals surface area contributed by atoms with Gasteiger partial charge in [0.05, 0.1) is 18.2 Å². The van der Waals surface area contributed by atoms with Crippen molar-refractivity contribution in [3.8, 4) is 0 Å². The number of nitrogens with zero attached hydrogens (tertiary/aromatic N) is 1. The second-order valence-electron chi connectivity index (χ2n) is 5.46. The molecule has 23 heavy (non-hydrogen) atoms. The third-order valence-electron chi connectivity index (χ3n) is 3.84. The molecule has 1 aliphatic rings. The predicted molar refractivity (Wildman–Crippen MR) is 85.8 cm³/mol. The average Bonchev–Trinajstić information content (AvgIpc) is 2.80. The third kappa shape index (κ3) is 3.78. The molecule has 0 aromatic heterocycles. The molecule has 0 fully saturated rings. The van der Waals surface area contributed by atoms with E-state index in [2.05, 4.69) is 5.32 Å². The van der Waals surface area contributed by atoms with Gasteiger partial charge in [-0.1, -0.05) is 30.3 Å². The minimum atomic E-state index is -0.543. The van der Waals surface area contributed by atoms with E-state index in [0.717, 1.165) is 5.56 Å². The van der Waals surface area contributed by atoms with Crippen molar-refractivity contribution in [1.29, 1.82) is 0 Å². The molecule has 0 saturated carbocycles. The number of aliphatic hydroxyl groups excluding tert-OH is 2. The van der Waals surface area contributed by atoms with E-state index in [9.17, 15) is 14.7 Å². The predicted octanol–water partition coefficient (Wildman–Crippen LogP) is 0.943. The number of hydrogen-bond donors (Lipinski definition) is 3. The van der Waals surface area contributed by atoms with E-state index in [-0.39, 0.29) is 18.0 Å². The number of rotatable bonds is 8. The van der Waals surface area contributed by atoms with Crippen LogP contribution in [0.15, 0.2) is 41.7 Å². The molecule has 1 heterocycles. The molecule has 0 spiro atoms. The molecular formula is C17H22N2O4. The van der Waals surface area contributed by atoms with E-state index >= 15 is 0 Å². The van der Waals surface area contributed by atoms with Gasteiger partial charge in [0, 0.05) is 13.1 Å². The Morgan fingerprint density at radius 1 is 1.26 bits per heavy atom. The van der Waals surface area contributed by atoms with Crippen molar-refractivity contribution in [3.05, 3.63) is 47.2 Å². The summed E-state index contributed by atoms with van der Waals surface area (Å²) in [5, 5.41) is 21.9. The molecule has 1 atom stereocenters. The molecule has 6 heteroatoms. The Balaban J connectivity index is 2.19. The zero-order valence-electron chi connectivity index (χ0n) is 13.2. The van der Waals surface area contributed by atoms with Crippen LogP contribution >= 0.6 is 0 Å². The minimum Gasteiger partial charge on any atom is -0.503 e. The topological polar surface area (TPSA) is 89.9 Å². The highest BCUT2D eigenvalue weighted by Gasteiger charge is 2.41. The lowest BCUT2D eigenvalue weighted by Gasteiger charge is -2.26. The maximum Gasteiger partial charge on any atom is 0.290 e. The maximum absolute atomic E-state index is 12.3. The Kier molecular flexibility index (Phi) is 5.90. The summed E-state index contributed by atoms with van der Waals surface area (Å²) in [5.41, 5.74) is 0.961. The second kappa shape index (κ2) is 7.89. The Hall–Kier alpha value is -2.18. The highest BCUT2D eigenvalue weighted by Crippen LogP contribution is 2.37. The van der Waals surface area contributed by atoms with Crippen LogP contribution in [0.25, 0.3) is 0 Å². The Morgan fingerprint density at radius 2 is 1.96 bits per heavy atom. The first kappa shape index (κ1) is 17.2. The van der Waals surface area contributed by atoms with E-state index < -0.39 is 17.7 Å². The third-order valence-corrected chi connectivity index (χ3v) is 3.84. The summed E-state index contributed by atoms with van der Waals surface area (Å²) in [7, 11) is 0. The van der Waals surface area contributed by atoms with Gasteiger partial charge in [-0.05, 0) is 25.5 Å². The maximum atomic E-state index is 12.3.